The van der Waals surface area contributed by atoms with Gasteiger partial charge >= 0.3 is 11.9 Å². The molecule has 0 aliphatic rings. The maximum atomic E-state index is 11.6. The monoisotopic (exact) mass is 254 g/mol. The average Bonchev–Trinajstić information content (AvgIpc) is 2.15. The molecular weight excluding hydrogens is 236 g/mol. The molecule has 0 radical (unpaired) electrons. The van der Waals surface area contributed by atoms with Crippen LogP contribution >= 0.6 is 0 Å². The molecule has 0 heterocycles. The van der Waals surface area contributed by atoms with Crippen LogP contribution in [0.15, 0.2) is 11.3 Å². The van der Waals surface area contributed by atoms with Gasteiger partial charge in [0, 0.05) is 5.70 Å². The van der Waals surface area contributed by atoms with Crippen molar-refractivity contribution in [3.05, 3.63) is 11.3 Å². The zero-order valence-electron chi connectivity index (χ0n) is 11.1. The highest BCUT2D eigenvalue weighted by molar-refractivity contribution is 5.94. The molecule has 0 spiro atoms. The van der Waals surface area contributed by atoms with Crippen molar-refractivity contribution in [1.82, 2.24) is 0 Å². The second-order valence-electron chi connectivity index (χ2n) is 4.50. The van der Waals surface area contributed by atoms with Crippen molar-refractivity contribution in [3.8, 4) is 6.07 Å². The zero-order chi connectivity index (χ0) is 14.3. The Morgan fingerprint density at radius 1 is 1.33 bits per heavy atom. The number of hydrogen-bond acceptors (Lipinski definition) is 6. The van der Waals surface area contributed by atoms with Gasteiger partial charge in [-0.1, -0.05) is 0 Å². The Balaban J connectivity index is 4.89. The smallest absolute Gasteiger partial charge is 0.351 e. The number of nitriles is 1. The Hall–Kier alpha value is -2.03. The Morgan fingerprint density at radius 2 is 1.89 bits per heavy atom. The largest absolute Gasteiger partial charge is 0.466 e. The summed E-state index contributed by atoms with van der Waals surface area (Å²) in [7, 11) is 0. The Kier molecular flexibility index (Phi) is 5.89. The summed E-state index contributed by atoms with van der Waals surface area (Å²) >= 11 is 0. The van der Waals surface area contributed by atoms with Crippen LogP contribution in [-0.2, 0) is 19.1 Å². The minimum absolute atomic E-state index is 0.148. The topological polar surface area (TPSA) is 102 Å². The first-order valence-electron chi connectivity index (χ1n) is 5.49. The summed E-state index contributed by atoms with van der Waals surface area (Å²) in [6.45, 7) is 6.86. The highest BCUT2D eigenvalue weighted by Crippen LogP contribution is 2.13. The van der Waals surface area contributed by atoms with E-state index >= 15 is 0 Å². The molecule has 0 rings (SSSR count). The predicted molar refractivity (Wildman–Crippen MR) is 63.9 cm³/mol. The Labute approximate surface area is 106 Å². The van der Waals surface area contributed by atoms with Gasteiger partial charge in [0.15, 0.2) is 5.57 Å². The van der Waals surface area contributed by atoms with Crippen LogP contribution in [0.3, 0.4) is 0 Å². The molecule has 0 aliphatic heterocycles. The van der Waals surface area contributed by atoms with Crippen LogP contribution in [0.4, 0.5) is 0 Å². The summed E-state index contributed by atoms with van der Waals surface area (Å²) in [5, 5.41) is 8.87. The SMILES string of the molecule is CCOC(=O)C/C(N)=C(/C#N)C(=O)OC(C)(C)C. The molecule has 0 fully saturated rings. The summed E-state index contributed by atoms with van der Waals surface area (Å²) in [6, 6.07) is 1.64. The summed E-state index contributed by atoms with van der Waals surface area (Å²) < 4.78 is 9.68. The average molecular weight is 254 g/mol. The van der Waals surface area contributed by atoms with Crippen molar-refractivity contribution in [2.75, 3.05) is 6.61 Å². The van der Waals surface area contributed by atoms with Crippen LogP contribution in [0.5, 0.6) is 0 Å². The minimum atomic E-state index is -0.841. The van der Waals surface area contributed by atoms with E-state index in [0.717, 1.165) is 0 Å². The Bertz CT molecular complexity index is 399. The summed E-state index contributed by atoms with van der Waals surface area (Å²) in [5.41, 5.74) is 4.29. The summed E-state index contributed by atoms with van der Waals surface area (Å²) in [6.07, 6.45) is -0.310. The number of esters is 2. The molecule has 2 N–H and O–H groups in total. The van der Waals surface area contributed by atoms with Crippen LogP contribution in [0.1, 0.15) is 34.1 Å². The van der Waals surface area contributed by atoms with E-state index in [9.17, 15) is 9.59 Å². The molecule has 0 aromatic heterocycles. The molecule has 0 bridgehead atoms. The fraction of sp³-hybridized carbons (Fsp3) is 0.583. The van der Waals surface area contributed by atoms with E-state index in [2.05, 4.69) is 4.74 Å². The number of carbonyl (C=O) groups is 2. The fourth-order valence-electron chi connectivity index (χ4n) is 1.03. The molecular formula is C12H18N2O4. The quantitative estimate of drug-likeness (QED) is 0.456. The van der Waals surface area contributed by atoms with E-state index in [1.807, 2.05) is 0 Å². The highest BCUT2D eigenvalue weighted by atomic mass is 16.6. The van der Waals surface area contributed by atoms with E-state index in [4.69, 9.17) is 15.7 Å². The third kappa shape index (κ3) is 5.89. The first-order chi connectivity index (χ1) is 8.21. The van der Waals surface area contributed by atoms with Crippen molar-refractivity contribution in [2.45, 2.75) is 39.7 Å². The van der Waals surface area contributed by atoms with E-state index in [1.165, 1.54) is 0 Å². The standard InChI is InChI=1S/C12H18N2O4/c1-5-17-10(15)6-9(14)8(7-13)11(16)18-12(2,3)4/h5-6,14H2,1-4H3/b9-8+. The van der Waals surface area contributed by atoms with Crippen LogP contribution < -0.4 is 5.73 Å². The van der Waals surface area contributed by atoms with Gasteiger partial charge in [0.1, 0.15) is 11.7 Å². The molecule has 0 amide bonds. The van der Waals surface area contributed by atoms with Gasteiger partial charge in [-0.05, 0) is 27.7 Å². The van der Waals surface area contributed by atoms with E-state index in [0.29, 0.717) is 0 Å². The molecule has 0 unspecified atom stereocenters. The number of hydrogen-bond donors (Lipinski definition) is 1. The van der Waals surface area contributed by atoms with Gasteiger partial charge in [0.05, 0.1) is 13.0 Å². The third-order valence-corrected chi connectivity index (χ3v) is 1.68. The van der Waals surface area contributed by atoms with Crippen molar-refractivity contribution in [1.29, 1.82) is 5.26 Å². The van der Waals surface area contributed by atoms with Gasteiger partial charge in [-0.15, -0.1) is 0 Å². The Morgan fingerprint density at radius 3 is 2.28 bits per heavy atom. The van der Waals surface area contributed by atoms with Crippen LogP contribution in [0, 0.1) is 11.3 Å². The van der Waals surface area contributed by atoms with Crippen molar-refractivity contribution < 1.29 is 19.1 Å². The lowest BCUT2D eigenvalue weighted by atomic mass is 10.1. The lowest BCUT2D eigenvalue weighted by Gasteiger charge is -2.19. The number of carbonyl (C=O) groups excluding carboxylic acids is 2. The highest BCUT2D eigenvalue weighted by Gasteiger charge is 2.23. The van der Waals surface area contributed by atoms with Gasteiger partial charge in [-0.2, -0.15) is 5.26 Å². The molecule has 18 heavy (non-hydrogen) atoms. The van der Waals surface area contributed by atoms with Crippen molar-refractivity contribution in [2.24, 2.45) is 5.73 Å². The first-order valence-corrected chi connectivity index (χ1v) is 5.49. The fourth-order valence-corrected chi connectivity index (χ4v) is 1.03. The van der Waals surface area contributed by atoms with E-state index < -0.39 is 17.5 Å². The molecule has 100 valence electrons. The lowest BCUT2D eigenvalue weighted by molar-refractivity contribution is -0.149. The number of nitrogens with two attached hydrogens (primary N) is 1. The molecule has 0 atom stereocenters. The molecule has 0 aromatic carbocycles. The first kappa shape index (κ1) is 16.0. The maximum Gasteiger partial charge on any atom is 0.351 e. The predicted octanol–water partition coefficient (Wildman–Crippen LogP) is 1.02. The van der Waals surface area contributed by atoms with Crippen LogP contribution in [0.25, 0.3) is 0 Å². The molecule has 0 aromatic rings. The van der Waals surface area contributed by atoms with Gasteiger partial charge < -0.3 is 15.2 Å². The van der Waals surface area contributed by atoms with Crippen LogP contribution in [0.2, 0.25) is 0 Å². The van der Waals surface area contributed by atoms with Gasteiger partial charge in [-0.3, -0.25) is 4.79 Å². The van der Waals surface area contributed by atoms with Gasteiger partial charge in [-0.25, -0.2) is 4.79 Å². The lowest BCUT2D eigenvalue weighted by Crippen LogP contribution is -2.26. The van der Waals surface area contributed by atoms with Crippen molar-refractivity contribution >= 4 is 11.9 Å². The minimum Gasteiger partial charge on any atom is -0.466 e. The van der Waals surface area contributed by atoms with Crippen LogP contribution in [-0.4, -0.2) is 24.1 Å². The second-order valence-corrected chi connectivity index (χ2v) is 4.50. The molecule has 0 saturated carbocycles. The van der Waals surface area contributed by atoms with E-state index in [1.54, 1.807) is 33.8 Å². The molecule has 0 saturated heterocycles. The third-order valence-electron chi connectivity index (χ3n) is 1.68. The normalized spacial score (nSPS) is 12.2. The summed E-state index contributed by atoms with van der Waals surface area (Å²) in [5.74, 6) is -1.43. The summed E-state index contributed by atoms with van der Waals surface area (Å²) in [4.78, 5) is 22.8. The van der Waals surface area contributed by atoms with Crippen molar-refractivity contribution in [3.63, 3.8) is 0 Å². The zero-order valence-corrected chi connectivity index (χ0v) is 11.1. The van der Waals surface area contributed by atoms with Gasteiger partial charge in [0.2, 0.25) is 0 Å². The number of nitrogens with zero attached hydrogens (tertiary/aromatic N) is 1. The molecule has 6 nitrogen and oxygen atoms in total. The molecule has 0 aliphatic carbocycles. The second kappa shape index (κ2) is 6.64. The maximum absolute atomic E-state index is 11.6. The number of ether oxygens (including phenoxy) is 2. The number of rotatable bonds is 4. The van der Waals surface area contributed by atoms with E-state index in [-0.39, 0.29) is 24.3 Å². The van der Waals surface area contributed by atoms with Gasteiger partial charge in [0.25, 0.3) is 0 Å². The molecule has 6 heteroatoms.